The fourth-order valence-electron chi connectivity index (χ4n) is 1.78. The Morgan fingerprint density at radius 2 is 2.46 bits per heavy atom. The molecule has 1 aromatic rings. The van der Waals surface area contributed by atoms with Gasteiger partial charge in [-0.05, 0) is 12.3 Å². The lowest BCUT2D eigenvalue weighted by Gasteiger charge is -2.26. The molecule has 1 fully saturated rings. The molecule has 4 nitrogen and oxygen atoms in total. The summed E-state index contributed by atoms with van der Waals surface area (Å²) in [5.41, 5.74) is 5.49. The summed E-state index contributed by atoms with van der Waals surface area (Å²) >= 11 is 0. The zero-order valence-electron chi connectivity index (χ0n) is 7.69. The van der Waals surface area contributed by atoms with E-state index in [4.69, 9.17) is 15.0 Å². The van der Waals surface area contributed by atoms with E-state index in [2.05, 4.69) is 12.1 Å². The van der Waals surface area contributed by atoms with Crippen LogP contribution < -0.4 is 5.73 Å². The van der Waals surface area contributed by atoms with Crippen LogP contribution in [0.3, 0.4) is 0 Å². The number of rotatable bonds is 1. The van der Waals surface area contributed by atoms with Crippen LogP contribution in [0.25, 0.3) is 0 Å². The summed E-state index contributed by atoms with van der Waals surface area (Å²) in [6.45, 7) is 3.75. The Morgan fingerprint density at radius 3 is 3.08 bits per heavy atom. The monoisotopic (exact) mass is 182 g/mol. The molecule has 4 heteroatoms. The van der Waals surface area contributed by atoms with E-state index in [0.717, 1.165) is 25.4 Å². The van der Waals surface area contributed by atoms with Crippen LogP contribution in [0, 0.1) is 5.92 Å². The van der Waals surface area contributed by atoms with E-state index in [1.54, 1.807) is 0 Å². The molecule has 2 rings (SSSR count). The summed E-state index contributed by atoms with van der Waals surface area (Å²) in [7, 11) is 0. The third-order valence-electron chi connectivity index (χ3n) is 2.55. The van der Waals surface area contributed by atoms with Crippen LogP contribution in [0.2, 0.25) is 0 Å². The molecule has 2 atom stereocenters. The number of aromatic nitrogens is 1. The van der Waals surface area contributed by atoms with E-state index in [-0.39, 0.29) is 0 Å². The molecule has 0 aromatic carbocycles. The van der Waals surface area contributed by atoms with Crippen LogP contribution in [0.15, 0.2) is 10.6 Å². The van der Waals surface area contributed by atoms with Gasteiger partial charge in [0.25, 0.3) is 0 Å². The van der Waals surface area contributed by atoms with Gasteiger partial charge in [-0.25, -0.2) is 0 Å². The Balaban J connectivity index is 2.14. The van der Waals surface area contributed by atoms with Crippen molar-refractivity contribution in [2.24, 2.45) is 5.92 Å². The summed E-state index contributed by atoms with van der Waals surface area (Å²) in [5.74, 6) is 2.27. The van der Waals surface area contributed by atoms with Crippen LogP contribution in [0.4, 0.5) is 5.82 Å². The van der Waals surface area contributed by atoms with E-state index in [1.165, 1.54) is 0 Å². The fourth-order valence-corrected chi connectivity index (χ4v) is 1.78. The molecule has 0 saturated carbocycles. The minimum Gasteiger partial charge on any atom is -0.381 e. The molecule has 1 saturated heterocycles. The van der Waals surface area contributed by atoms with Crippen molar-refractivity contribution in [1.82, 2.24) is 5.16 Å². The number of ether oxygens (including phenoxy) is 1. The van der Waals surface area contributed by atoms with Gasteiger partial charge in [0, 0.05) is 25.2 Å². The topological polar surface area (TPSA) is 61.3 Å². The van der Waals surface area contributed by atoms with Crippen LogP contribution in [0.1, 0.15) is 25.0 Å². The van der Waals surface area contributed by atoms with E-state index in [9.17, 15) is 0 Å². The summed E-state index contributed by atoms with van der Waals surface area (Å²) in [5, 5.41) is 3.69. The average Bonchev–Trinajstić information content (AvgIpc) is 2.53. The Bertz CT molecular complexity index is 285. The van der Waals surface area contributed by atoms with E-state index in [0.29, 0.717) is 17.7 Å². The molecule has 0 bridgehead atoms. The maximum atomic E-state index is 5.49. The molecule has 0 radical (unpaired) electrons. The second kappa shape index (κ2) is 3.38. The molecule has 0 spiro atoms. The third kappa shape index (κ3) is 1.67. The van der Waals surface area contributed by atoms with Crippen molar-refractivity contribution in [3.05, 3.63) is 11.8 Å². The smallest absolute Gasteiger partial charge is 0.167 e. The maximum absolute atomic E-state index is 5.49. The summed E-state index contributed by atoms with van der Waals surface area (Å²) in [6, 6.07) is 1.81. The number of hydrogen-bond donors (Lipinski definition) is 1. The van der Waals surface area contributed by atoms with Crippen LogP contribution in [-0.2, 0) is 4.74 Å². The first-order valence-corrected chi connectivity index (χ1v) is 4.57. The molecule has 1 aliphatic rings. The maximum Gasteiger partial charge on any atom is 0.167 e. The van der Waals surface area contributed by atoms with Crippen molar-refractivity contribution in [1.29, 1.82) is 0 Å². The highest BCUT2D eigenvalue weighted by Crippen LogP contribution is 2.32. The van der Waals surface area contributed by atoms with Crippen molar-refractivity contribution in [2.45, 2.75) is 19.3 Å². The van der Waals surface area contributed by atoms with Gasteiger partial charge in [-0.15, -0.1) is 0 Å². The summed E-state index contributed by atoms with van der Waals surface area (Å²) in [4.78, 5) is 0. The van der Waals surface area contributed by atoms with Gasteiger partial charge in [0.05, 0.1) is 0 Å². The Morgan fingerprint density at radius 1 is 1.62 bits per heavy atom. The van der Waals surface area contributed by atoms with Gasteiger partial charge in [0.2, 0.25) is 0 Å². The highest BCUT2D eigenvalue weighted by Gasteiger charge is 2.26. The quantitative estimate of drug-likeness (QED) is 0.713. The molecular formula is C9H14N2O2. The molecule has 0 aliphatic carbocycles. The first-order valence-electron chi connectivity index (χ1n) is 4.57. The first kappa shape index (κ1) is 8.56. The van der Waals surface area contributed by atoms with E-state index in [1.807, 2.05) is 6.07 Å². The van der Waals surface area contributed by atoms with Crippen molar-refractivity contribution in [2.75, 3.05) is 18.9 Å². The second-order valence-electron chi connectivity index (χ2n) is 3.60. The SMILES string of the molecule is CC1COCCC1c1cc(N)no1. The van der Waals surface area contributed by atoms with Crippen molar-refractivity contribution < 1.29 is 9.26 Å². The van der Waals surface area contributed by atoms with Gasteiger partial charge in [0.15, 0.2) is 5.82 Å². The van der Waals surface area contributed by atoms with Crippen LogP contribution in [0.5, 0.6) is 0 Å². The van der Waals surface area contributed by atoms with Gasteiger partial charge in [-0.1, -0.05) is 12.1 Å². The zero-order chi connectivity index (χ0) is 9.26. The number of anilines is 1. The van der Waals surface area contributed by atoms with Gasteiger partial charge >= 0.3 is 0 Å². The standard InChI is InChI=1S/C9H14N2O2/c1-6-5-12-3-2-7(6)8-4-9(10)11-13-8/h4,6-7H,2-3,5H2,1H3,(H2,10,11). The van der Waals surface area contributed by atoms with Crippen LogP contribution in [-0.4, -0.2) is 18.4 Å². The lowest BCUT2D eigenvalue weighted by Crippen LogP contribution is -2.23. The minimum atomic E-state index is 0.415. The highest BCUT2D eigenvalue weighted by atomic mass is 16.5. The van der Waals surface area contributed by atoms with Gasteiger partial charge in [-0.2, -0.15) is 0 Å². The molecule has 0 amide bonds. The second-order valence-corrected chi connectivity index (χ2v) is 3.60. The number of hydrogen-bond acceptors (Lipinski definition) is 4. The number of nitrogens with two attached hydrogens (primary N) is 1. The summed E-state index contributed by atoms with van der Waals surface area (Å²) in [6.07, 6.45) is 0.996. The van der Waals surface area contributed by atoms with Gasteiger partial charge in [-0.3, -0.25) is 0 Å². The predicted molar refractivity (Wildman–Crippen MR) is 48.3 cm³/mol. The van der Waals surface area contributed by atoms with Gasteiger partial charge < -0.3 is 15.0 Å². The molecule has 2 heterocycles. The lowest BCUT2D eigenvalue weighted by atomic mass is 9.88. The first-order chi connectivity index (χ1) is 6.27. The van der Waals surface area contributed by atoms with E-state index < -0.39 is 0 Å². The van der Waals surface area contributed by atoms with Crippen molar-refractivity contribution in [3.63, 3.8) is 0 Å². The van der Waals surface area contributed by atoms with Crippen molar-refractivity contribution in [3.8, 4) is 0 Å². The Labute approximate surface area is 77.0 Å². The lowest BCUT2D eigenvalue weighted by molar-refractivity contribution is 0.0406. The zero-order valence-corrected chi connectivity index (χ0v) is 7.69. The normalized spacial score (nSPS) is 29.0. The fraction of sp³-hybridized carbons (Fsp3) is 0.667. The van der Waals surface area contributed by atoms with Crippen molar-refractivity contribution >= 4 is 5.82 Å². The Hall–Kier alpha value is -1.03. The molecule has 1 aromatic heterocycles. The Kier molecular flexibility index (Phi) is 2.22. The molecule has 72 valence electrons. The minimum absolute atomic E-state index is 0.415. The molecule has 1 aliphatic heterocycles. The molecule has 2 N–H and O–H groups in total. The predicted octanol–water partition coefficient (Wildman–Crippen LogP) is 1.40. The highest BCUT2D eigenvalue weighted by molar-refractivity contribution is 5.28. The molecular weight excluding hydrogens is 168 g/mol. The number of nitrogen functional groups attached to an aromatic ring is 1. The van der Waals surface area contributed by atoms with E-state index >= 15 is 0 Å². The van der Waals surface area contributed by atoms with Gasteiger partial charge in [0.1, 0.15) is 5.76 Å². The molecule has 13 heavy (non-hydrogen) atoms. The average molecular weight is 182 g/mol. The van der Waals surface area contributed by atoms with Crippen LogP contribution >= 0.6 is 0 Å². The number of nitrogens with zero attached hydrogens (tertiary/aromatic N) is 1. The largest absolute Gasteiger partial charge is 0.381 e. The summed E-state index contributed by atoms with van der Waals surface area (Å²) < 4.78 is 10.5. The third-order valence-corrected chi connectivity index (χ3v) is 2.55. The molecule has 2 unspecified atom stereocenters.